The third kappa shape index (κ3) is 6.90. The van der Waals surface area contributed by atoms with Gasteiger partial charge in [-0.3, -0.25) is 9.59 Å². The second kappa shape index (κ2) is 9.13. The van der Waals surface area contributed by atoms with Gasteiger partial charge in [0.15, 0.2) is 0 Å². The van der Waals surface area contributed by atoms with Crippen LogP contribution in [0.1, 0.15) is 36.2 Å². The topological polar surface area (TPSA) is 70.2 Å². The molecule has 0 spiro atoms. The fourth-order valence-corrected chi connectivity index (χ4v) is 1.76. The number of hydrogen-bond donors (Lipinski definition) is 3. The minimum Gasteiger partial charge on any atom is -0.356 e. The first-order valence-corrected chi connectivity index (χ1v) is 7.31. The molecule has 0 aliphatic carbocycles. The summed E-state index contributed by atoms with van der Waals surface area (Å²) in [5.74, 6) is 0.461. The Morgan fingerprint density at radius 1 is 1.14 bits per heavy atom. The number of benzene rings is 1. The van der Waals surface area contributed by atoms with E-state index in [0.29, 0.717) is 31.0 Å². The van der Waals surface area contributed by atoms with Gasteiger partial charge in [0.25, 0.3) is 5.91 Å². The van der Waals surface area contributed by atoms with Gasteiger partial charge in [-0.2, -0.15) is 0 Å². The molecule has 3 N–H and O–H groups in total. The maximum atomic E-state index is 11.5. The van der Waals surface area contributed by atoms with Gasteiger partial charge in [0.05, 0.1) is 0 Å². The third-order valence-electron chi connectivity index (χ3n) is 3.01. The van der Waals surface area contributed by atoms with Crippen molar-refractivity contribution in [2.45, 2.75) is 26.8 Å². The molecular weight excluding hydrogens is 266 g/mol. The van der Waals surface area contributed by atoms with Crippen molar-refractivity contribution < 1.29 is 9.59 Å². The smallest absolute Gasteiger partial charge is 0.251 e. The predicted octanol–water partition coefficient (Wildman–Crippen LogP) is 1.30. The van der Waals surface area contributed by atoms with E-state index in [1.807, 2.05) is 12.1 Å². The molecule has 0 aromatic heterocycles. The lowest BCUT2D eigenvalue weighted by Crippen LogP contribution is -2.30. The summed E-state index contributed by atoms with van der Waals surface area (Å²) in [6.07, 6.45) is 0.475. The van der Waals surface area contributed by atoms with Crippen molar-refractivity contribution in [2.24, 2.45) is 5.92 Å². The summed E-state index contributed by atoms with van der Waals surface area (Å²) in [6, 6.07) is 7.42. The first kappa shape index (κ1) is 17.2. The first-order valence-electron chi connectivity index (χ1n) is 7.31. The van der Waals surface area contributed by atoms with Gasteiger partial charge in [-0.1, -0.05) is 26.0 Å². The molecule has 21 heavy (non-hydrogen) atoms. The van der Waals surface area contributed by atoms with Gasteiger partial charge in [0, 0.05) is 38.7 Å². The molecule has 0 saturated heterocycles. The predicted molar refractivity (Wildman–Crippen MR) is 84.0 cm³/mol. The molecule has 0 bridgehead atoms. The summed E-state index contributed by atoms with van der Waals surface area (Å²) >= 11 is 0. The van der Waals surface area contributed by atoms with E-state index in [-0.39, 0.29) is 11.8 Å². The number of carbonyl (C=O) groups is 2. The summed E-state index contributed by atoms with van der Waals surface area (Å²) in [5, 5.41) is 8.69. The number of nitrogens with one attached hydrogen (secondary N) is 3. The fourth-order valence-electron chi connectivity index (χ4n) is 1.76. The molecule has 2 amide bonds. The van der Waals surface area contributed by atoms with E-state index in [9.17, 15) is 9.59 Å². The molecule has 0 unspecified atom stereocenters. The van der Waals surface area contributed by atoms with Crippen LogP contribution in [-0.4, -0.2) is 32.0 Å². The van der Waals surface area contributed by atoms with Crippen LogP contribution in [0.15, 0.2) is 24.3 Å². The van der Waals surface area contributed by atoms with Gasteiger partial charge < -0.3 is 16.0 Å². The van der Waals surface area contributed by atoms with Gasteiger partial charge in [0.2, 0.25) is 5.91 Å². The lowest BCUT2D eigenvalue weighted by Gasteiger charge is -2.08. The number of amides is 2. The maximum Gasteiger partial charge on any atom is 0.251 e. The van der Waals surface area contributed by atoms with Crippen LogP contribution in [0.4, 0.5) is 0 Å². The van der Waals surface area contributed by atoms with Crippen LogP contribution in [0.5, 0.6) is 0 Å². The largest absolute Gasteiger partial charge is 0.356 e. The Kier molecular flexibility index (Phi) is 7.46. The standard InChI is InChI=1S/C16H25N3O2/c1-12(2)10-19-15(20)8-9-18-11-13-4-6-14(7-5-13)16(21)17-3/h4-7,12,18H,8-11H2,1-3H3,(H,17,21)(H,19,20). The highest BCUT2D eigenvalue weighted by Gasteiger charge is 2.03. The Morgan fingerprint density at radius 3 is 2.38 bits per heavy atom. The molecule has 0 aliphatic heterocycles. The number of carbonyl (C=O) groups excluding carboxylic acids is 2. The second-order valence-electron chi connectivity index (χ2n) is 5.40. The molecule has 1 rings (SSSR count). The Bertz CT molecular complexity index is 455. The van der Waals surface area contributed by atoms with E-state index in [4.69, 9.17) is 0 Å². The van der Waals surface area contributed by atoms with Crippen molar-refractivity contribution in [1.82, 2.24) is 16.0 Å². The molecule has 116 valence electrons. The van der Waals surface area contributed by atoms with E-state index in [1.165, 1.54) is 0 Å². The highest BCUT2D eigenvalue weighted by molar-refractivity contribution is 5.93. The van der Waals surface area contributed by atoms with Crippen LogP contribution < -0.4 is 16.0 Å². The Morgan fingerprint density at radius 2 is 1.81 bits per heavy atom. The number of hydrogen-bond acceptors (Lipinski definition) is 3. The lowest BCUT2D eigenvalue weighted by atomic mass is 10.1. The molecule has 0 radical (unpaired) electrons. The van der Waals surface area contributed by atoms with Gasteiger partial charge in [0.1, 0.15) is 0 Å². The number of rotatable bonds is 8. The van der Waals surface area contributed by atoms with Crippen LogP contribution in [0.2, 0.25) is 0 Å². The Labute approximate surface area is 126 Å². The highest BCUT2D eigenvalue weighted by atomic mass is 16.2. The minimum atomic E-state index is -0.0867. The van der Waals surface area contributed by atoms with Crippen LogP contribution >= 0.6 is 0 Å². The monoisotopic (exact) mass is 291 g/mol. The molecule has 0 heterocycles. The van der Waals surface area contributed by atoms with Crippen molar-refractivity contribution in [3.63, 3.8) is 0 Å². The summed E-state index contributed by atoms with van der Waals surface area (Å²) < 4.78 is 0. The summed E-state index contributed by atoms with van der Waals surface area (Å²) in [4.78, 5) is 22.9. The van der Waals surface area contributed by atoms with Crippen LogP contribution in [0.25, 0.3) is 0 Å². The van der Waals surface area contributed by atoms with Gasteiger partial charge in [-0.05, 0) is 23.6 Å². The molecule has 1 aromatic rings. The van der Waals surface area contributed by atoms with Gasteiger partial charge in [-0.25, -0.2) is 0 Å². The normalized spacial score (nSPS) is 10.5. The molecule has 5 heteroatoms. The molecule has 0 atom stereocenters. The van der Waals surface area contributed by atoms with Crippen LogP contribution in [0.3, 0.4) is 0 Å². The van der Waals surface area contributed by atoms with Gasteiger partial charge >= 0.3 is 0 Å². The third-order valence-corrected chi connectivity index (χ3v) is 3.01. The molecule has 0 saturated carbocycles. The lowest BCUT2D eigenvalue weighted by molar-refractivity contribution is -0.121. The van der Waals surface area contributed by atoms with E-state index >= 15 is 0 Å². The average molecular weight is 291 g/mol. The fraction of sp³-hybridized carbons (Fsp3) is 0.500. The molecule has 5 nitrogen and oxygen atoms in total. The highest BCUT2D eigenvalue weighted by Crippen LogP contribution is 2.04. The van der Waals surface area contributed by atoms with Crippen molar-refractivity contribution in [3.8, 4) is 0 Å². The quantitative estimate of drug-likeness (QED) is 0.632. The zero-order valence-electron chi connectivity index (χ0n) is 13.0. The van der Waals surface area contributed by atoms with Crippen molar-refractivity contribution in [3.05, 3.63) is 35.4 Å². The van der Waals surface area contributed by atoms with E-state index in [1.54, 1.807) is 19.2 Å². The summed E-state index contributed by atoms with van der Waals surface area (Å²) in [5.41, 5.74) is 1.74. The zero-order valence-corrected chi connectivity index (χ0v) is 13.0. The van der Waals surface area contributed by atoms with Crippen molar-refractivity contribution in [1.29, 1.82) is 0 Å². The van der Waals surface area contributed by atoms with Crippen molar-refractivity contribution in [2.75, 3.05) is 20.1 Å². The van der Waals surface area contributed by atoms with Gasteiger partial charge in [-0.15, -0.1) is 0 Å². The minimum absolute atomic E-state index is 0.0752. The Balaban J connectivity index is 2.23. The molecular formula is C16H25N3O2. The summed E-state index contributed by atoms with van der Waals surface area (Å²) in [7, 11) is 1.61. The zero-order chi connectivity index (χ0) is 15.7. The SMILES string of the molecule is CNC(=O)c1ccc(CNCCC(=O)NCC(C)C)cc1. The average Bonchev–Trinajstić information content (AvgIpc) is 2.49. The van der Waals surface area contributed by atoms with Crippen LogP contribution in [-0.2, 0) is 11.3 Å². The van der Waals surface area contributed by atoms with Crippen LogP contribution in [0, 0.1) is 5.92 Å². The second-order valence-corrected chi connectivity index (χ2v) is 5.40. The maximum absolute atomic E-state index is 11.5. The van der Waals surface area contributed by atoms with Crippen molar-refractivity contribution >= 4 is 11.8 Å². The van der Waals surface area contributed by atoms with E-state index < -0.39 is 0 Å². The first-order chi connectivity index (χ1) is 10.0. The van der Waals surface area contributed by atoms with E-state index in [0.717, 1.165) is 12.1 Å². The molecule has 0 fully saturated rings. The molecule has 1 aromatic carbocycles. The summed E-state index contributed by atoms with van der Waals surface area (Å²) in [6.45, 7) is 6.19. The Hall–Kier alpha value is -1.88. The van der Waals surface area contributed by atoms with E-state index in [2.05, 4.69) is 29.8 Å². The molecule has 0 aliphatic rings.